The molecule has 1 saturated heterocycles. The topological polar surface area (TPSA) is 120 Å². The molecule has 2 N–H and O–H groups in total. The first-order valence-corrected chi connectivity index (χ1v) is 9.23. The van der Waals surface area contributed by atoms with Gasteiger partial charge < -0.3 is 19.3 Å². The molecule has 0 bridgehead atoms. The van der Waals surface area contributed by atoms with E-state index >= 15 is 0 Å². The van der Waals surface area contributed by atoms with Crippen molar-refractivity contribution in [3.63, 3.8) is 0 Å². The van der Waals surface area contributed by atoms with Crippen molar-refractivity contribution >= 4 is 5.97 Å². The van der Waals surface area contributed by atoms with Crippen LogP contribution in [0, 0.1) is 6.92 Å². The van der Waals surface area contributed by atoms with Crippen LogP contribution in [0.1, 0.15) is 42.4 Å². The molecule has 0 aliphatic carbocycles. The summed E-state index contributed by atoms with van der Waals surface area (Å²) >= 11 is 0. The van der Waals surface area contributed by atoms with E-state index in [2.05, 4.69) is 4.98 Å². The van der Waals surface area contributed by atoms with Gasteiger partial charge >= 0.3 is 11.7 Å². The van der Waals surface area contributed by atoms with E-state index < -0.39 is 41.4 Å². The molecule has 2 aromatic rings. The van der Waals surface area contributed by atoms with Crippen LogP contribution in [-0.2, 0) is 14.2 Å². The maximum atomic E-state index is 12.3. The van der Waals surface area contributed by atoms with Crippen molar-refractivity contribution in [3.8, 4) is 0 Å². The highest BCUT2D eigenvalue weighted by Crippen LogP contribution is 2.32. The minimum Gasteiger partial charge on any atom is -0.459 e. The zero-order chi connectivity index (χ0) is 21.2. The van der Waals surface area contributed by atoms with Gasteiger partial charge in [0.2, 0.25) is 0 Å². The van der Waals surface area contributed by atoms with Crippen LogP contribution >= 0.6 is 0 Å². The number of aliphatic hydroxyl groups is 1. The van der Waals surface area contributed by atoms with Crippen molar-refractivity contribution < 1.29 is 24.1 Å². The van der Waals surface area contributed by atoms with E-state index in [1.165, 1.54) is 30.7 Å². The number of aromatic nitrogens is 2. The fourth-order valence-electron chi connectivity index (χ4n) is 3.20. The number of nitrogens with one attached hydrogen (secondary N) is 1. The molecule has 0 radical (unpaired) electrons. The van der Waals surface area contributed by atoms with Gasteiger partial charge in [-0.1, -0.05) is 17.7 Å². The number of carbonyl (C=O) groups is 1. The first-order valence-electron chi connectivity index (χ1n) is 9.23. The van der Waals surface area contributed by atoms with E-state index in [0.29, 0.717) is 5.56 Å². The van der Waals surface area contributed by atoms with Gasteiger partial charge in [-0.25, -0.2) is 9.59 Å². The van der Waals surface area contributed by atoms with Gasteiger partial charge in [-0.15, -0.1) is 0 Å². The van der Waals surface area contributed by atoms with Gasteiger partial charge in [0, 0.05) is 18.7 Å². The molecule has 1 aromatic heterocycles. The summed E-state index contributed by atoms with van der Waals surface area (Å²) in [5.41, 5.74) is 0.172. The first-order chi connectivity index (χ1) is 13.6. The van der Waals surface area contributed by atoms with Gasteiger partial charge in [-0.05, 0) is 32.9 Å². The number of carbonyl (C=O) groups excluding carboxylic acids is 1. The molecule has 29 heavy (non-hydrogen) atoms. The molecular weight excluding hydrogens is 380 g/mol. The Morgan fingerprint density at radius 3 is 2.76 bits per heavy atom. The molecule has 0 spiro atoms. The van der Waals surface area contributed by atoms with E-state index in [4.69, 9.17) is 14.2 Å². The number of ether oxygens (including phenoxy) is 3. The van der Waals surface area contributed by atoms with Gasteiger partial charge in [0.15, 0.2) is 12.0 Å². The van der Waals surface area contributed by atoms with Gasteiger partial charge in [0.25, 0.3) is 5.56 Å². The summed E-state index contributed by atoms with van der Waals surface area (Å²) in [7, 11) is 0. The summed E-state index contributed by atoms with van der Waals surface area (Å²) in [6, 6.07) is 8.22. The third-order valence-corrected chi connectivity index (χ3v) is 4.36. The summed E-state index contributed by atoms with van der Waals surface area (Å²) in [5, 5.41) is 10.0. The van der Waals surface area contributed by atoms with Gasteiger partial charge in [0.1, 0.15) is 12.7 Å². The van der Waals surface area contributed by atoms with Gasteiger partial charge in [0.05, 0.1) is 11.7 Å². The van der Waals surface area contributed by atoms with Crippen LogP contribution < -0.4 is 11.2 Å². The highest BCUT2D eigenvalue weighted by atomic mass is 16.7. The lowest BCUT2D eigenvalue weighted by atomic mass is 10.1. The number of rotatable bonds is 6. The second-order valence-electron chi connectivity index (χ2n) is 7.47. The molecule has 3 atom stereocenters. The number of esters is 1. The highest BCUT2D eigenvalue weighted by molar-refractivity contribution is 5.89. The molecule has 1 aromatic carbocycles. The molecule has 1 fully saturated rings. The zero-order valence-electron chi connectivity index (χ0n) is 16.5. The Morgan fingerprint density at radius 2 is 2.10 bits per heavy atom. The molecule has 9 heteroatoms. The van der Waals surface area contributed by atoms with Crippen molar-refractivity contribution in [1.82, 2.24) is 9.55 Å². The van der Waals surface area contributed by atoms with Crippen LogP contribution in [0.25, 0.3) is 0 Å². The second-order valence-corrected chi connectivity index (χ2v) is 7.47. The standard InChI is InChI=1S/C20H24N2O7/c1-12-5-4-6-13(9-12)18(24)27-11-14-10-15(29-20(2,3)26)17(28-14)22-8-7-16(23)21-19(22)25/h4-9,14-15,17,26H,10-11H2,1-3H3,(H,21,23,25). The fraction of sp³-hybridized carbons (Fsp3) is 0.450. The number of aromatic amines is 1. The van der Waals surface area contributed by atoms with Gasteiger partial charge in [-0.3, -0.25) is 14.3 Å². The maximum absolute atomic E-state index is 12.3. The fourth-order valence-corrected chi connectivity index (χ4v) is 3.20. The lowest BCUT2D eigenvalue weighted by Crippen LogP contribution is -2.39. The highest BCUT2D eigenvalue weighted by Gasteiger charge is 2.41. The average molecular weight is 404 g/mol. The predicted octanol–water partition coefficient (Wildman–Crippen LogP) is 1.10. The lowest BCUT2D eigenvalue weighted by molar-refractivity contribution is -0.223. The number of nitrogens with zero attached hydrogens (tertiary/aromatic N) is 1. The summed E-state index contributed by atoms with van der Waals surface area (Å²) in [6.07, 6.45) is -0.565. The molecule has 9 nitrogen and oxygen atoms in total. The minimum absolute atomic E-state index is 0.0485. The summed E-state index contributed by atoms with van der Waals surface area (Å²) < 4.78 is 18.0. The quantitative estimate of drug-likeness (QED) is 0.546. The van der Waals surface area contributed by atoms with E-state index in [1.807, 2.05) is 13.0 Å². The Labute approximate surface area is 166 Å². The molecule has 0 saturated carbocycles. The summed E-state index contributed by atoms with van der Waals surface area (Å²) in [4.78, 5) is 37.9. The van der Waals surface area contributed by atoms with Crippen LogP contribution in [0.3, 0.4) is 0 Å². The average Bonchev–Trinajstić information content (AvgIpc) is 3.00. The van der Waals surface area contributed by atoms with Crippen molar-refractivity contribution in [2.75, 3.05) is 6.61 Å². The molecule has 1 aliphatic rings. The van der Waals surface area contributed by atoms with Crippen molar-refractivity contribution in [2.24, 2.45) is 0 Å². The SMILES string of the molecule is Cc1cccc(C(=O)OCC2CC(OC(C)(C)O)C(n3ccc(=O)[nH]c3=O)O2)c1. The Hall–Kier alpha value is -2.75. The van der Waals surface area contributed by atoms with Crippen LogP contribution in [0.2, 0.25) is 0 Å². The monoisotopic (exact) mass is 404 g/mol. The normalized spacial score (nSPS) is 21.9. The van der Waals surface area contributed by atoms with Crippen LogP contribution in [0.5, 0.6) is 0 Å². The van der Waals surface area contributed by atoms with Gasteiger partial charge in [-0.2, -0.15) is 0 Å². The number of aryl methyl sites for hydroxylation is 1. The van der Waals surface area contributed by atoms with E-state index in [9.17, 15) is 19.5 Å². The Balaban J connectivity index is 1.73. The van der Waals surface area contributed by atoms with Crippen LogP contribution in [0.15, 0.2) is 46.1 Å². The smallest absolute Gasteiger partial charge is 0.338 e. The van der Waals surface area contributed by atoms with Crippen molar-refractivity contribution in [2.45, 2.75) is 51.4 Å². The largest absolute Gasteiger partial charge is 0.459 e. The predicted molar refractivity (Wildman–Crippen MR) is 102 cm³/mol. The van der Waals surface area contributed by atoms with E-state index in [1.54, 1.807) is 18.2 Å². The summed E-state index contributed by atoms with van der Waals surface area (Å²) in [5.74, 6) is -1.95. The molecule has 156 valence electrons. The maximum Gasteiger partial charge on any atom is 0.338 e. The third-order valence-electron chi connectivity index (χ3n) is 4.36. The van der Waals surface area contributed by atoms with Crippen molar-refractivity contribution in [1.29, 1.82) is 0 Å². The minimum atomic E-state index is -1.47. The first kappa shape index (κ1) is 21.0. The molecule has 0 amide bonds. The van der Waals surface area contributed by atoms with E-state index in [-0.39, 0.29) is 13.0 Å². The molecule has 3 rings (SSSR count). The number of hydrogen-bond acceptors (Lipinski definition) is 7. The van der Waals surface area contributed by atoms with Crippen LogP contribution in [-0.4, -0.2) is 45.2 Å². The Bertz CT molecular complexity index is 989. The molecular formula is C20H24N2O7. The lowest BCUT2D eigenvalue weighted by Gasteiger charge is -2.27. The molecule has 3 unspecified atom stereocenters. The number of H-pyrrole nitrogens is 1. The van der Waals surface area contributed by atoms with E-state index in [0.717, 1.165) is 5.56 Å². The number of hydrogen-bond donors (Lipinski definition) is 2. The Morgan fingerprint density at radius 1 is 1.34 bits per heavy atom. The molecule has 1 aliphatic heterocycles. The molecule has 2 heterocycles. The van der Waals surface area contributed by atoms with Crippen molar-refractivity contribution in [3.05, 3.63) is 68.5 Å². The summed E-state index contributed by atoms with van der Waals surface area (Å²) in [6.45, 7) is 4.75. The Kier molecular flexibility index (Phi) is 6.02. The van der Waals surface area contributed by atoms with Crippen LogP contribution in [0.4, 0.5) is 0 Å². The second kappa shape index (κ2) is 8.32. The number of benzene rings is 1. The zero-order valence-corrected chi connectivity index (χ0v) is 16.5. The third kappa shape index (κ3) is 5.41.